The van der Waals surface area contributed by atoms with Crippen LogP contribution in [0.1, 0.15) is 16.7 Å². The van der Waals surface area contributed by atoms with Crippen molar-refractivity contribution >= 4 is 5.82 Å². The third kappa shape index (κ3) is 2.24. The normalized spacial score (nSPS) is 10.4. The van der Waals surface area contributed by atoms with Crippen LogP contribution in [0.4, 0.5) is 5.82 Å². The third-order valence-electron chi connectivity index (χ3n) is 2.80. The van der Waals surface area contributed by atoms with Gasteiger partial charge in [-0.3, -0.25) is 4.68 Å². The average Bonchev–Trinajstić information content (AvgIpc) is 2.63. The summed E-state index contributed by atoms with van der Waals surface area (Å²) in [5, 5.41) is 7.62. The molecule has 0 aliphatic heterocycles. The van der Waals surface area contributed by atoms with Crippen molar-refractivity contribution < 1.29 is 0 Å². The Kier molecular flexibility index (Phi) is 2.95. The highest BCUT2D eigenvalue weighted by atomic mass is 15.3. The number of anilines is 1. The molecular weight excluding hydrogens is 198 g/mol. The molecule has 2 rings (SSSR count). The van der Waals surface area contributed by atoms with Crippen LogP contribution in [-0.2, 0) is 13.6 Å². The highest BCUT2D eigenvalue weighted by Crippen LogP contribution is 2.14. The standard InChI is InChI=1S/C13H17N3/c1-10-5-4-6-11(2)12(10)9-14-13-7-8-16(3)15-13/h4-8H,9H2,1-3H3,(H,14,15). The summed E-state index contributed by atoms with van der Waals surface area (Å²) in [6.07, 6.45) is 1.94. The van der Waals surface area contributed by atoms with Crippen molar-refractivity contribution in [2.45, 2.75) is 20.4 Å². The molecule has 1 heterocycles. The van der Waals surface area contributed by atoms with Crippen molar-refractivity contribution in [1.82, 2.24) is 9.78 Å². The van der Waals surface area contributed by atoms with Crippen LogP contribution < -0.4 is 5.32 Å². The molecule has 0 amide bonds. The van der Waals surface area contributed by atoms with Crippen molar-refractivity contribution in [2.75, 3.05) is 5.32 Å². The topological polar surface area (TPSA) is 29.9 Å². The number of benzene rings is 1. The molecule has 3 heteroatoms. The predicted octanol–water partition coefficient (Wildman–Crippen LogP) is 2.65. The summed E-state index contributed by atoms with van der Waals surface area (Å²) in [6, 6.07) is 8.35. The minimum absolute atomic E-state index is 0.829. The summed E-state index contributed by atoms with van der Waals surface area (Å²) < 4.78 is 1.80. The fraction of sp³-hybridized carbons (Fsp3) is 0.308. The minimum Gasteiger partial charge on any atom is -0.365 e. The van der Waals surface area contributed by atoms with Crippen LogP contribution in [0.15, 0.2) is 30.5 Å². The van der Waals surface area contributed by atoms with E-state index < -0.39 is 0 Å². The van der Waals surface area contributed by atoms with Gasteiger partial charge in [0, 0.05) is 25.9 Å². The molecule has 0 unspecified atom stereocenters. The van der Waals surface area contributed by atoms with Crippen molar-refractivity contribution in [3.8, 4) is 0 Å². The zero-order chi connectivity index (χ0) is 11.5. The number of aromatic nitrogens is 2. The smallest absolute Gasteiger partial charge is 0.148 e. The summed E-state index contributed by atoms with van der Waals surface area (Å²) >= 11 is 0. The maximum atomic E-state index is 4.29. The molecule has 3 nitrogen and oxygen atoms in total. The number of nitrogens with one attached hydrogen (secondary N) is 1. The van der Waals surface area contributed by atoms with Crippen LogP contribution in [-0.4, -0.2) is 9.78 Å². The molecule has 2 aromatic rings. The van der Waals surface area contributed by atoms with E-state index in [4.69, 9.17) is 0 Å². The molecule has 0 radical (unpaired) electrons. The van der Waals surface area contributed by atoms with Gasteiger partial charge in [0.1, 0.15) is 5.82 Å². The average molecular weight is 215 g/mol. The van der Waals surface area contributed by atoms with Gasteiger partial charge >= 0.3 is 0 Å². The molecule has 0 aliphatic rings. The highest BCUT2D eigenvalue weighted by Gasteiger charge is 2.02. The molecule has 0 saturated heterocycles. The third-order valence-corrected chi connectivity index (χ3v) is 2.80. The zero-order valence-corrected chi connectivity index (χ0v) is 9.99. The van der Waals surface area contributed by atoms with Gasteiger partial charge in [0.05, 0.1) is 0 Å². The van der Waals surface area contributed by atoms with E-state index in [0.717, 1.165) is 12.4 Å². The lowest BCUT2D eigenvalue weighted by Gasteiger charge is -2.10. The molecule has 0 saturated carbocycles. The quantitative estimate of drug-likeness (QED) is 0.853. The Bertz CT molecular complexity index is 465. The van der Waals surface area contributed by atoms with E-state index in [-0.39, 0.29) is 0 Å². The summed E-state index contributed by atoms with van der Waals surface area (Å²) in [5.74, 6) is 0.921. The maximum Gasteiger partial charge on any atom is 0.148 e. The van der Waals surface area contributed by atoms with E-state index in [1.165, 1.54) is 16.7 Å². The molecular formula is C13H17N3. The van der Waals surface area contributed by atoms with Gasteiger partial charge in [-0.25, -0.2) is 0 Å². The van der Waals surface area contributed by atoms with E-state index in [9.17, 15) is 0 Å². The lowest BCUT2D eigenvalue weighted by Crippen LogP contribution is -2.04. The van der Waals surface area contributed by atoms with Gasteiger partial charge in [-0.15, -0.1) is 0 Å². The van der Waals surface area contributed by atoms with Crippen LogP contribution in [0.25, 0.3) is 0 Å². The highest BCUT2D eigenvalue weighted by molar-refractivity contribution is 5.39. The van der Waals surface area contributed by atoms with Gasteiger partial charge in [-0.2, -0.15) is 5.10 Å². The summed E-state index contributed by atoms with van der Waals surface area (Å²) in [7, 11) is 1.92. The summed E-state index contributed by atoms with van der Waals surface area (Å²) in [5.41, 5.74) is 4.00. The Labute approximate surface area is 96.1 Å². The number of hydrogen-bond donors (Lipinski definition) is 1. The molecule has 1 aromatic carbocycles. The first-order chi connectivity index (χ1) is 7.66. The number of rotatable bonds is 3. The number of nitrogens with zero attached hydrogens (tertiary/aromatic N) is 2. The zero-order valence-electron chi connectivity index (χ0n) is 9.99. The monoisotopic (exact) mass is 215 g/mol. The first kappa shape index (κ1) is 10.7. The van der Waals surface area contributed by atoms with Crippen molar-refractivity contribution in [2.24, 2.45) is 7.05 Å². The van der Waals surface area contributed by atoms with Crippen molar-refractivity contribution in [1.29, 1.82) is 0 Å². The molecule has 0 bridgehead atoms. The van der Waals surface area contributed by atoms with Gasteiger partial charge in [-0.05, 0) is 30.5 Å². The number of aryl methyl sites for hydroxylation is 3. The Morgan fingerprint density at radius 3 is 2.44 bits per heavy atom. The van der Waals surface area contributed by atoms with Crippen LogP contribution >= 0.6 is 0 Å². The Morgan fingerprint density at radius 1 is 1.19 bits per heavy atom. The molecule has 1 aromatic heterocycles. The minimum atomic E-state index is 0.829. The molecule has 0 atom stereocenters. The first-order valence-electron chi connectivity index (χ1n) is 5.45. The lowest BCUT2D eigenvalue weighted by molar-refractivity contribution is 0.768. The first-order valence-corrected chi connectivity index (χ1v) is 5.45. The van der Waals surface area contributed by atoms with Crippen LogP contribution in [0, 0.1) is 13.8 Å². The Balaban J connectivity index is 2.10. The Morgan fingerprint density at radius 2 is 1.88 bits per heavy atom. The van der Waals surface area contributed by atoms with Crippen LogP contribution in [0.3, 0.4) is 0 Å². The van der Waals surface area contributed by atoms with E-state index in [0.29, 0.717) is 0 Å². The van der Waals surface area contributed by atoms with E-state index in [1.807, 2.05) is 19.3 Å². The SMILES string of the molecule is Cc1cccc(C)c1CNc1ccn(C)n1. The van der Waals surface area contributed by atoms with Crippen LogP contribution in [0.5, 0.6) is 0 Å². The van der Waals surface area contributed by atoms with Gasteiger partial charge in [0.2, 0.25) is 0 Å². The second-order valence-electron chi connectivity index (χ2n) is 4.10. The fourth-order valence-corrected chi connectivity index (χ4v) is 1.82. The molecule has 16 heavy (non-hydrogen) atoms. The second kappa shape index (κ2) is 4.39. The van der Waals surface area contributed by atoms with Crippen molar-refractivity contribution in [3.63, 3.8) is 0 Å². The second-order valence-corrected chi connectivity index (χ2v) is 4.10. The lowest BCUT2D eigenvalue weighted by atomic mass is 10.0. The molecule has 1 N–H and O–H groups in total. The molecule has 84 valence electrons. The molecule has 0 aliphatic carbocycles. The van der Waals surface area contributed by atoms with E-state index in [1.54, 1.807) is 4.68 Å². The summed E-state index contributed by atoms with van der Waals surface area (Å²) in [6.45, 7) is 5.11. The number of hydrogen-bond acceptors (Lipinski definition) is 2. The van der Waals surface area contributed by atoms with Gasteiger partial charge < -0.3 is 5.32 Å². The van der Waals surface area contributed by atoms with E-state index >= 15 is 0 Å². The fourth-order valence-electron chi connectivity index (χ4n) is 1.82. The molecule has 0 spiro atoms. The maximum absolute atomic E-state index is 4.29. The van der Waals surface area contributed by atoms with Gasteiger partial charge in [-0.1, -0.05) is 18.2 Å². The van der Waals surface area contributed by atoms with Gasteiger partial charge in [0.15, 0.2) is 0 Å². The summed E-state index contributed by atoms with van der Waals surface area (Å²) in [4.78, 5) is 0. The largest absolute Gasteiger partial charge is 0.365 e. The van der Waals surface area contributed by atoms with Gasteiger partial charge in [0.25, 0.3) is 0 Å². The van der Waals surface area contributed by atoms with E-state index in [2.05, 4.69) is 42.5 Å². The molecule has 0 fully saturated rings. The van der Waals surface area contributed by atoms with Crippen LogP contribution in [0.2, 0.25) is 0 Å². The predicted molar refractivity (Wildman–Crippen MR) is 66.5 cm³/mol. The Hall–Kier alpha value is -1.77. The van der Waals surface area contributed by atoms with Crippen molar-refractivity contribution in [3.05, 3.63) is 47.2 Å².